The third-order valence-corrected chi connectivity index (χ3v) is 4.26. The Morgan fingerprint density at radius 3 is 2.28 bits per heavy atom. The zero-order valence-corrected chi connectivity index (χ0v) is 11.2. The van der Waals surface area contributed by atoms with E-state index in [0.717, 1.165) is 5.56 Å². The Kier molecular flexibility index (Phi) is 4.03. The number of halogens is 1. The van der Waals surface area contributed by atoms with Gasteiger partial charge in [0.25, 0.3) is 0 Å². The highest BCUT2D eigenvalue weighted by atomic mass is 19.1. The van der Waals surface area contributed by atoms with E-state index in [-0.39, 0.29) is 11.9 Å². The predicted octanol–water partition coefficient (Wildman–Crippen LogP) is 3.55. The van der Waals surface area contributed by atoms with E-state index in [2.05, 4.69) is 19.3 Å². The van der Waals surface area contributed by atoms with Gasteiger partial charge in [0, 0.05) is 6.04 Å². The van der Waals surface area contributed by atoms with Gasteiger partial charge >= 0.3 is 0 Å². The van der Waals surface area contributed by atoms with Gasteiger partial charge in [0.15, 0.2) is 0 Å². The molecule has 2 nitrogen and oxygen atoms in total. The van der Waals surface area contributed by atoms with Gasteiger partial charge in [-0.05, 0) is 54.7 Å². The molecule has 100 valence electrons. The summed E-state index contributed by atoms with van der Waals surface area (Å²) in [7, 11) is 0. The lowest BCUT2D eigenvalue weighted by Crippen LogP contribution is -2.36. The summed E-state index contributed by atoms with van der Waals surface area (Å²) < 4.78 is 12.9. The van der Waals surface area contributed by atoms with Crippen LogP contribution in [0.15, 0.2) is 24.3 Å². The molecule has 0 saturated heterocycles. The standard InChI is InChI=1S/C15H23FN2/c1-15(2)9-7-12(8-10-15)14(18-17)11-3-5-13(16)6-4-11/h3-6,12,14,18H,7-10,17H2,1-2H3. The van der Waals surface area contributed by atoms with Gasteiger partial charge in [0.05, 0.1) is 0 Å². The molecular formula is C15H23FN2. The maximum Gasteiger partial charge on any atom is 0.123 e. The third kappa shape index (κ3) is 3.09. The van der Waals surface area contributed by atoms with Crippen LogP contribution in [0.2, 0.25) is 0 Å². The first kappa shape index (κ1) is 13.5. The predicted molar refractivity (Wildman–Crippen MR) is 72.2 cm³/mol. The summed E-state index contributed by atoms with van der Waals surface area (Å²) in [4.78, 5) is 0. The molecule has 1 aliphatic rings. The minimum absolute atomic E-state index is 0.140. The van der Waals surface area contributed by atoms with Crippen LogP contribution in [0.25, 0.3) is 0 Å². The van der Waals surface area contributed by atoms with Gasteiger partial charge < -0.3 is 0 Å². The van der Waals surface area contributed by atoms with Gasteiger partial charge in [-0.3, -0.25) is 11.3 Å². The van der Waals surface area contributed by atoms with Crippen LogP contribution in [0.5, 0.6) is 0 Å². The molecule has 1 aromatic rings. The molecule has 3 heteroatoms. The van der Waals surface area contributed by atoms with Crippen molar-refractivity contribution in [2.45, 2.75) is 45.6 Å². The first-order valence-electron chi connectivity index (χ1n) is 6.73. The Balaban J connectivity index is 2.08. The molecule has 1 atom stereocenters. The quantitative estimate of drug-likeness (QED) is 0.636. The average Bonchev–Trinajstić information content (AvgIpc) is 2.34. The molecule has 1 aromatic carbocycles. The third-order valence-electron chi connectivity index (χ3n) is 4.26. The SMILES string of the molecule is CC1(C)CCC(C(NN)c2ccc(F)cc2)CC1. The van der Waals surface area contributed by atoms with Gasteiger partial charge in [-0.2, -0.15) is 0 Å². The van der Waals surface area contributed by atoms with E-state index in [4.69, 9.17) is 5.84 Å². The summed E-state index contributed by atoms with van der Waals surface area (Å²) in [5.41, 5.74) is 4.46. The number of hydrogen-bond acceptors (Lipinski definition) is 2. The normalized spacial score (nSPS) is 21.8. The smallest absolute Gasteiger partial charge is 0.123 e. The maximum absolute atomic E-state index is 12.9. The van der Waals surface area contributed by atoms with Crippen molar-refractivity contribution in [3.8, 4) is 0 Å². The zero-order chi connectivity index (χ0) is 13.2. The number of benzene rings is 1. The molecule has 3 N–H and O–H groups in total. The topological polar surface area (TPSA) is 38.0 Å². The molecule has 0 bridgehead atoms. The van der Waals surface area contributed by atoms with Crippen molar-refractivity contribution in [2.24, 2.45) is 17.2 Å². The molecule has 18 heavy (non-hydrogen) atoms. The van der Waals surface area contributed by atoms with Crippen LogP contribution in [0.3, 0.4) is 0 Å². The highest BCUT2D eigenvalue weighted by molar-refractivity contribution is 5.20. The van der Waals surface area contributed by atoms with Crippen LogP contribution in [0, 0.1) is 17.2 Å². The second-order valence-electron chi connectivity index (χ2n) is 6.20. The monoisotopic (exact) mass is 250 g/mol. The van der Waals surface area contributed by atoms with Gasteiger partial charge in [0.2, 0.25) is 0 Å². The lowest BCUT2D eigenvalue weighted by molar-refractivity contribution is 0.161. The number of hydrazine groups is 1. The highest BCUT2D eigenvalue weighted by Gasteiger charge is 2.31. The fourth-order valence-corrected chi connectivity index (χ4v) is 2.93. The van der Waals surface area contributed by atoms with Crippen LogP contribution < -0.4 is 11.3 Å². The number of nitrogens with two attached hydrogens (primary N) is 1. The Morgan fingerprint density at radius 1 is 1.22 bits per heavy atom. The van der Waals surface area contributed by atoms with Crippen molar-refractivity contribution in [3.63, 3.8) is 0 Å². The van der Waals surface area contributed by atoms with Gasteiger partial charge in [-0.1, -0.05) is 26.0 Å². The summed E-state index contributed by atoms with van der Waals surface area (Å²) in [6.45, 7) is 4.65. The lowest BCUT2D eigenvalue weighted by atomic mass is 9.70. The maximum atomic E-state index is 12.9. The molecule has 1 fully saturated rings. The van der Waals surface area contributed by atoms with Gasteiger partial charge in [-0.15, -0.1) is 0 Å². The summed E-state index contributed by atoms with van der Waals surface area (Å²) in [6, 6.07) is 6.82. The fraction of sp³-hybridized carbons (Fsp3) is 0.600. The Hall–Kier alpha value is -0.930. The van der Waals surface area contributed by atoms with Crippen molar-refractivity contribution in [1.29, 1.82) is 0 Å². The minimum atomic E-state index is -0.195. The molecule has 2 rings (SSSR count). The Bertz CT molecular complexity index is 376. The van der Waals surface area contributed by atoms with E-state index in [1.54, 1.807) is 0 Å². The second-order valence-corrected chi connectivity index (χ2v) is 6.20. The molecule has 1 aliphatic carbocycles. The molecule has 0 amide bonds. The van der Waals surface area contributed by atoms with Crippen LogP contribution in [-0.4, -0.2) is 0 Å². The molecular weight excluding hydrogens is 227 g/mol. The molecule has 1 unspecified atom stereocenters. The van der Waals surface area contributed by atoms with E-state index in [9.17, 15) is 4.39 Å². The summed E-state index contributed by atoms with van der Waals surface area (Å²) in [6.07, 6.45) is 4.83. The van der Waals surface area contributed by atoms with Crippen molar-refractivity contribution in [2.75, 3.05) is 0 Å². The minimum Gasteiger partial charge on any atom is -0.271 e. The van der Waals surface area contributed by atoms with Crippen molar-refractivity contribution in [3.05, 3.63) is 35.6 Å². The average molecular weight is 250 g/mol. The molecule has 0 aliphatic heterocycles. The molecule has 1 saturated carbocycles. The summed E-state index contributed by atoms with van der Waals surface area (Å²) in [5.74, 6) is 6.05. The van der Waals surface area contributed by atoms with Crippen LogP contribution in [-0.2, 0) is 0 Å². The number of nitrogens with one attached hydrogen (secondary N) is 1. The van der Waals surface area contributed by atoms with Crippen molar-refractivity contribution >= 4 is 0 Å². The van der Waals surface area contributed by atoms with Gasteiger partial charge in [0.1, 0.15) is 5.82 Å². The van der Waals surface area contributed by atoms with Crippen LogP contribution in [0.1, 0.15) is 51.1 Å². The largest absolute Gasteiger partial charge is 0.271 e. The summed E-state index contributed by atoms with van der Waals surface area (Å²) >= 11 is 0. The molecule has 0 heterocycles. The number of hydrogen-bond donors (Lipinski definition) is 2. The van der Waals surface area contributed by atoms with E-state index < -0.39 is 0 Å². The molecule has 0 aromatic heterocycles. The molecule has 0 radical (unpaired) electrons. The fourth-order valence-electron chi connectivity index (χ4n) is 2.93. The van der Waals surface area contributed by atoms with Crippen molar-refractivity contribution < 1.29 is 4.39 Å². The van der Waals surface area contributed by atoms with Crippen LogP contribution in [0.4, 0.5) is 4.39 Å². The Morgan fingerprint density at radius 2 is 1.78 bits per heavy atom. The second kappa shape index (κ2) is 5.37. The zero-order valence-electron chi connectivity index (χ0n) is 11.2. The Labute approximate surface area is 109 Å². The first-order valence-corrected chi connectivity index (χ1v) is 6.73. The molecule has 0 spiro atoms. The van der Waals surface area contributed by atoms with E-state index >= 15 is 0 Å². The van der Waals surface area contributed by atoms with E-state index in [1.165, 1.54) is 37.8 Å². The lowest BCUT2D eigenvalue weighted by Gasteiger charge is -2.38. The van der Waals surface area contributed by atoms with E-state index in [0.29, 0.717) is 11.3 Å². The number of rotatable bonds is 3. The van der Waals surface area contributed by atoms with Crippen molar-refractivity contribution in [1.82, 2.24) is 5.43 Å². The summed E-state index contributed by atoms with van der Waals surface area (Å²) in [5, 5.41) is 0. The van der Waals surface area contributed by atoms with Gasteiger partial charge in [-0.25, -0.2) is 4.39 Å². The van der Waals surface area contributed by atoms with E-state index in [1.807, 2.05) is 12.1 Å². The van der Waals surface area contributed by atoms with Crippen LogP contribution >= 0.6 is 0 Å². The first-order chi connectivity index (χ1) is 8.52. The highest BCUT2D eigenvalue weighted by Crippen LogP contribution is 2.42.